The Labute approximate surface area is 130 Å². The number of ketones is 2. The molecule has 0 amide bonds. The van der Waals surface area contributed by atoms with Crippen LogP contribution in [0.5, 0.6) is 0 Å². The Morgan fingerprint density at radius 3 is 2.36 bits per heavy atom. The molecule has 0 fully saturated rings. The first kappa shape index (κ1) is 13.2. The van der Waals surface area contributed by atoms with Gasteiger partial charge in [-0.1, -0.05) is 24.3 Å². The number of aryl methyl sites for hydroxylation is 2. The van der Waals surface area contributed by atoms with E-state index in [4.69, 9.17) is 0 Å². The molecule has 0 atom stereocenters. The summed E-state index contributed by atoms with van der Waals surface area (Å²) >= 11 is 1.59. The number of rotatable bonds is 1. The second-order valence-corrected chi connectivity index (χ2v) is 6.55. The van der Waals surface area contributed by atoms with Crippen LogP contribution in [-0.2, 0) is 0 Å². The molecule has 0 saturated heterocycles. The van der Waals surface area contributed by atoms with Crippen molar-refractivity contribution in [1.29, 1.82) is 0 Å². The highest BCUT2D eigenvalue weighted by molar-refractivity contribution is 7.17. The molecular weight excluding hydrogens is 296 g/mol. The minimum atomic E-state index is -0.207. The van der Waals surface area contributed by atoms with Gasteiger partial charge in [-0.3, -0.25) is 14.0 Å². The number of fused-ring (bicyclic) bond motifs is 2. The molecule has 4 nitrogen and oxygen atoms in total. The Morgan fingerprint density at radius 1 is 1.09 bits per heavy atom. The molecule has 2 heterocycles. The van der Waals surface area contributed by atoms with E-state index in [9.17, 15) is 9.59 Å². The molecule has 1 aliphatic carbocycles. The van der Waals surface area contributed by atoms with Gasteiger partial charge in [0.2, 0.25) is 0 Å². The fourth-order valence-electron chi connectivity index (χ4n) is 2.80. The van der Waals surface area contributed by atoms with Crippen LogP contribution in [0.4, 0.5) is 0 Å². The standard InChI is InChI=1S/C17H12N2O2S/c1-9-8-19-14(10(2)18-17(19)22-9)7-13-15(20)11-5-3-4-6-12(11)16(13)21/h3-8H,1-2H3. The zero-order valence-corrected chi connectivity index (χ0v) is 12.9. The van der Waals surface area contributed by atoms with Gasteiger partial charge in [-0.15, -0.1) is 11.3 Å². The summed E-state index contributed by atoms with van der Waals surface area (Å²) in [7, 11) is 0. The lowest BCUT2D eigenvalue weighted by atomic mass is 10.1. The first-order chi connectivity index (χ1) is 10.6. The van der Waals surface area contributed by atoms with Crippen LogP contribution in [0.1, 0.15) is 37.0 Å². The fraction of sp³-hybridized carbons (Fsp3) is 0.118. The minimum absolute atomic E-state index is 0.207. The van der Waals surface area contributed by atoms with Crippen molar-refractivity contribution in [3.8, 4) is 0 Å². The van der Waals surface area contributed by atoms with E-state index in [0.717, 1.165) is 21.2 Å². The second kappa shape index (κ2) is 4.48. The van der Waals surface area contributed by atoms with Crippen molar-refractivity contribution in [2.45, 2.75) is 13.8 Å². The van der Waals surface area contributed by atoms with Crippen LogP contribution in [0.15, 0.2) is 36.0 Å². The summed E-state index contributed by atoms with van der Waals surface area (Å²) in [5.74, 6) is -0.413. The van der Waals surface area contributed by atoms with Gasteiger partial charge >= 0.3 is 0 Å². The third kappa shape index (κ3) is 1.72. The van der Waals surface area contributed by atoms with Gasteiger partial charge in [0.05, 0.1) is 17.0 Å². The van der Waals surface area contributed by atoms with Crippen LogP contribution in [0.2, 0.25) is 0 Å². The summed E-state index contributed by atoms with van der Waals surface area (Å²) in [5, 5.41) is 0. The first-order valence-corrected chi connectivity index (χ1v) is 7.73. The number of allylic oxidation sites excluding steroid dienone is 1. The predicted octanol–water partition coefficient (Wildman–Crippen LogP) is 3.48. The van der Waals surface area contributed by atoms with Gasteiger partial charge in [-0.25, -0.2) is 4.98 Å². The smallest absolute Gasteiger partial charge is 0.197 e. The third-order valence-corrected chi connectivity index (χ3v) is 4.75. The minimum Gasteiger partial charge on any atom is -0.290 e. The second-order valence-electron chi connectivity index (χ2n) is 5.34. The van der Waals surface area contributed by atoms with E-state index in [2.05, 4.69) is 4.98 Å². The fourth-order valence-corrected chi connectivity index (χ4v) is 3.67. The summed E-state index contributed by atoms with van der Waals surface area (Å²) in [6.07, 6.45) is 3.65. The molecule has 3 aromatic rings. The lowest BCUT2D eigenvalue weighted by Gasteiger charge is -1.96. The van der Waals surface area contributed by atoms with E-state index < -0.39 is 0 Å². The molecule has 4 rings (SSSR count). The van der Waals surface area contributed by atoms with Gasteiger partial charge < -0.3 is 0 Å². The van der Waals surface area contributed by atoms with Gasteiger partial charge in [-0.05, 0) is 19.9 Å². The van der Waals surface area contributed by atoms with Crippen molar-refractivity contribution >= 4 is 33.9 Å². The van der Waals surface area contributed by atoms with Gasteiger partial charge in [0.1, 0.15) is 0 Å². The Balaban J connectivity index is 1.91. The maximum absolute atomic E-state index is 12.5. The predicted molar refractivity (Wildman–Crippen MR) is 85.6 cm³/mol. The Hall–Kier alpha value is -2.53. The molecule has 1 aromatic carbocycles. The van der Waals surface area contributed by atoms with Gasteiger partial charge in [-0.2, -0.15) is 0 Å². The molecule has 2 aromatic heterocycles. The highest BCUT2D eigenvalue weighted by atomic mass is 32.1. The van der Waals surface area contributed by atoms with Crippen LogP contribution in [0.3, 0.4) is 0 Å². The van der Waals surface area contributed by atoms with E-state index >= 15 is 0 Å². The summed E-state index contributed by atoms with van der Waals surface area (Å²) in [6.45, 7) is 3.89. The van der Waals surface area contributed by atoms with Crippen LogP contribution in [-0.4, -0.2) is 21.0 Å². The Bertz CT molecular complexity index is 954. The molecule has 0 unspecified atom stereocenters. The normalized spacial score (nSPS) is 14.0. The highest BCUT2D eigenvalue weighted by Crippen LogP contribution is 2.29. The topological polar surface area (TPSA) is 51.4 Å². The monoisotopic (exact) mass is 308 g/mol. The number of hydrogen-bond donors (Lipinski definition) is 0. The van der Waals surface area contributed by atoms with Crippen molar-refractivity contribution in [2.75, 3.05) is 0 Å². The first-order valence-electron chi connectivity index (χ1n) is 6.91. The average molecular weight is 308 g/mol. The lowest BCUT2D eigenvalue weighted by molar-refractivity contribution is 0.0990. The van der Waals surface area contributed by atoms with Crippen molar-refractivity contribution in [2.24, 2.45) is 0 Å². The van der Waals surface area contributed by atoms with E-state index in [-0.39, 0.29) is 17.1 Å². The quantitative estimate of drug-likeness (QED) is 0.511. The number of thiazole rings is 1. The molecule has 0 saturated carbocycles. The Kier molecular flexibility index (Phi) is 2.68. The number of nitrogens with zero attached hydrogens (tertiary/aromatic N) is 2. The van der Waals surface area contributed by atoms with Crippen molar-refractivity contribution in [1.82, 2.24) is 9.38 Å². The summed E-state index contributed by atoms with van der Waals surface area (Å²) < 4.78 is 1.94. The van der Waals surface area contributed by atoms with Crippen molar-refractivity contribution in [3.05, 3.63) is 63.4 Å². The lowest BCUT2D eigenvalue weighted by Crippen LogP contribution is -2.01. The molecule has 0 N–H and O–H groups in total. The van der Waals surface area contributed by atoms with Gasteiger partial charge in [0.15, 0.2) is 16.5 Å². The third-order valence-electron chi connectivity index (χ3n) is 3.85. The summed E-state index contributed by atoms with van der Waals surface area (Å²) in [6, 6.07) is 6.95. The molecule has 0 spiro atoms. The van der Waals surface area contributed by atoms with Crippen LogP contribution in [0.25, 0.3) is 11.0 Å². The highest BCUT2D eigenvalue weighted by Gasteiger charge is 2.33. The SMILES string of the molecule is Cc1cn2c(C=C3C(=O)c4ccccc4C3=O)c(C)nc2s1. The molecule has 0 bridgehead atoms. The zero-order chi connectivity index (χ0) is 15.4. The van der Waals surface area contributed by atoms with Gasteiger partial charge in [0, 0.05) is 22.2 Å². The Morgan fingerprint density at radius 2 is 1.73 bits per heavy atom. The van der Waals surface area contributed by atoms with Gasteiger partial charge in [0.25, 0.3) is 0 Å². The maximum atomic E-state index is 12.5. The van der Waals surface area contributed by atoms with E-state index in [1.807, 2.05) is 24.4 Å². The summed E-state index contributed by atoms with van der Waals surface area (Å²) in [4.78, 5) is 31.4. The molecule has 1 aliphatic rings. The zero-order valence-electron chi connectivity index (χ0n) is 12.1. The molecule has 0 radical (unpaired) electrons. The number of imidazole rings is 1. The molecular formula is C17H12N2O2S. The maximum Gasteiger partial charge on any atom is 0.197 e. The van der Waals surface area contributed by atoms with E-state index in [1.54, 1.807) is 41.7 Å². The van der Waals surface area contributed by atoms with Crippen LogP contribution >= 0.6 is 11.3 Å². The van der Waals surface area contributed by atoms with Crippen LogP contribution < -0.4 is 0 Å². The molecule has 108 valence electrons. The molecule has 0 aliphatic heterocycles. The largest absolute Gasteiger partial charge is 0.290 e. The van der Waals surface area contributed by atoms with Crippen LogP contribution in [0, 0.1) is 13.8 Å². The number of carbonyl (C=O) groups is 2. The van der Waals surface area contributed by atoms with Crippen molar-refractivity contribution in [3.63, 3.8) is 0 Å². The molecule has 22 heavy (non-hydrogen) atoms. The van der Waals surface area contributed by atoms with E-state index in [1.165, 1.54) is 0 Å². The van der Waals surface area contributed by atoms with E-state index in [0.29, 0.717) is 11.1 Å². The van der Waals surface area contributed by atoms with Crippen molar-refractivity contribution < 1.29 is 9.59 Å². The number of aromatic nitrogens is 2. The summed E-state index contributed by atoms with van der Waals surface area (Å²) in [5.41, 5.74) is 2.80. The number of carbonyl (C=O) groups excluding carboxylic acids is 2. The number of hydrogen-bond acceptors (Lipinski definition) is 4. The number of benzene rings is 1. The molecule has 5 heteroatoms. The number of Topliss-reactive ketones (excluding diaryl/α,β-unsaturated/α-hetero) is 2. The average Bonchev–Trinajstić information content (AvgIpc) is 3.06.